The molecule has 4 nitrogen and oxygen atoms in total. The summed E-state index contributed by atoms with van der Waals surface area (Å²) >= 11 is 0. The van der Waals surface area contributed by atoms with E-state index < -0.39 is 0 Å². The lowest BCUT2D eigenvalue weighted by Gasteiger charge is -2.25. The molecule has 0 saturated carbocycles. The average Bonchev–Trinajstić information content (AvgIpc) is 3.90. The van der Waals surface area contributed by atoms with E-state index in [1.165, 1.54) is 32.6 Å². The normalized spacial score (nSPS) is 12.1. The zero-order valence-electron chi connectivity index (χ0n) is 29.0. The highest BCUT2D eigenvalue weighted by Crippen LogP contribution is 2.42. The van der Waals surface area contributed by atoms with Crippen molar-refractivity contribution in [3.8, 4) is 16.8 Å². The van der Waals surface area contributed by atoms with E-state index in [9.17, 15) is 0 Å². The number of anilines is 3. The summed E-state index contributed by atoms with van der Waals surface area (Å²) in [5.41, 5.74) is 12.5. The number of furan rings is 2. The largest absolute Gasteiger partial charge is 0.456 e. The maximum atomic E-state index is 6.35. The summed E-state index contributed by atoms with van der Waals surface area (Å²) in [4.78, 5) is 2.28. The average molecular weight is 691 g/mol. The number of fused-ring (bicyclic) bond motifs is 6. The van der Waals surface area contributed by atoms with Crippen molar-refractivity contribution < 1.29 is 8.83 Å². The first-order valence-electron chi connectivity index (χ1n) is 18.3. The smallest absolute Gasteiger partial charge is 0.137 e. The first kappa shape index (κ1) is 29.3. The van der Waals surface area contributed by atoms with Crippen molar-refractivity contribution in [3.05, 3.63) is 182 Å². The highest BCUT2D eigenvalue weighted by atomic mass is 16.3. The first-order valence-corrected chi connectivity index (χ1v) is 18.3. The highest BCUT2D eigenvalue weighted by molar-refractivity contribution is 6.24. The molecule has 0 aliphatic carbocycles. The lowest BCUT2D eigenvalue weighted by molar-refractivity contribution is 0.669. The van der Waals surface area contributed by atoms with E-state index in [-0.39, 0.29) is 0 Å². The van der Waals surface area contributed by atoms with Gasteiger partial charge < -0.3 is 18.3 Å². The van der Waals surface area contributed by atoms with Crippen LogP contribution in [-0.4, -0.2) is 4.57 Å². The van der Waals surface area contributed by atoms with Crippen LogP contribution < -0.4 is 4.90 Å². The topological polar surface area (TPSA) is 34.5 Å². The molecule has 252 valence electrons. The summed E-state index contributed by atoms with van der Waals surface area (Å²) in [7, 11) is 0. The molecule has 0 aliphatic heterocycles. The Hall–Kier alpha value is -7.30. The van der Waals surface area contributed by atoms with Crippen LogP contribution in [0.3, 0.4) is 0 Å². The minimum Gasteiger partial charge on any atom is -0.456 e. The number of para-hydroxylation sites is 2. The van der Waals surface area contributed by atoms with Gasteiger partial charge in [-0.2, -0.15) is 0 Å². The minimum atomic E-state index is 0.855. The van der Waals surface area contributed by atoms with Crippen LogP contribution in [-0.2, 0) is 0 Å². The van der Waals surface area contributed by atoms with Crippen LogP contribution in [0.15, 0.2) is 191 Å². The first-order chi connectivity index (χ1) is 26.7. The molecule has 0 atom stereocenters. The number of hydrogen-bond donors (Lipinski definition) is 0. The van der Waals surface area contributed by atoms with Gasteiger partial charge in [0.25, 0.3) is 0 Å². The number of rotatable bonds is 5. The fourth-order valence-corrected chi connectivity index (χ4v) is 8.66. The van der Waals surface area contributed by atoms with Gasteiger partial charge in [-0.25, -0.2) is 0 Å². The van der Waals surface area contributed by atoms with Crippen LogP contribution in [0.1, 0.15) is 0 Å². The van der Waals surface area contributed by atoms with Crippen LogP contribution in [0.2, 0.25) is 0 Å². The van der Waals surface area contributed by atoms with Crippen molar-refractivity contribution in [2.45, 2.75) is 0 Å². The summed E-state index contributed by atoms with van der Waals surface area (Å²) in [6.45, 7) is 0. The standard InChI is InChI=1S/C50H30N2O2/c1-3-13-45-39(9-1)41-27-25-37(29-47(41)53-45)51(38-26-28-42-40-10-2-4-14-46(40)54-48(42)30-38)35-21-17-31(18-22-35)32-19-23-36(24-20-32)52-43-11-5-7-33-15-16-34-8-6-12-44(52)50(34)49(33)43/h1-30H. The van der Waals surface area contributed by atoms with Gasteiger partial charge in [0.15, 0.2) is 0 Å². The number of hydrogen-bond acceptors (Lipinski definition) is 3. The SMILES string of the molecule is c1ccc2c(c1)oc1cc(N(c3ccc(-c4ccc(-n5c6cccc7ccc8cccc5c8c76)cc4)cc3)c3ccc4c(c3)oc3ccccc34)ccc12. The van der Waals surface area contributed by atoms with Crippen molar-refractivity contribution in [1.29, 1.82) is 0 Å². The number of nitrogens with zero attached hydrogens (tertiary/aromatic N) is 2. The third kappa shape index (κ3) is 4.25. The molecule has 9 aromatic carbocycles. The molecule has 12 rings (SSSR count). The van der Waals surface area contributed by atoms with E-state index in [0.717, 1.165) is 77.8 Å². The Balaban J connectivity index is 0.951. The van der Waals surface area contributed by atoms with Crippen molar-refractivity contribution in [2.75, 3.05) is 4.90 Å². The zero-order chi connectivity index (χ0) is 35.3. The molecule has 12 aromatic rings. The molecule has 3 aromatic heterocycles. The molecule has 0 bridgehead atoms. The Bertz CT molecular complexity index is 3200. The summed E-state index contributed by atoms with van der Waals surface area (Å²) in [5.74, 6) is 0. The Morgan fingerprint density at radius 2 is 0.815 bits per heavy atom. The van der Waals surface area contributed by atoms with Crippen molar-refractivity contribution in [3.63, 3.8) is 0 Å². The minimum absolute atomic E-state index is 0.855. The second-order valence-electron chi connectivity index (χ2n) is 14.1. The summed E-state index contributed by atoms with van der Waals surface area (Å²) in [6.07, 6.45) is 0. The van der Waals surface area contributed by atoms with Gasteiger partial charge in [-0.1, -0.05) is 97.1 Å². The second-order valence-corrected chi connectivity index (χ2v) is 14.1. The fraction of sp³-hybridized carbons (Fsp3) is 0. The summed E-state index contributed by atoms with van der Waals surface area (Å²) in [6, 6.07) is 64.8. The van der Waals surface area contributed by atoms with E-state index in [0.29, 0.717) is 0 Å². The molecule has 0 N–H and O–H groups in total. The molecule has 3 heterocycles. The molecule has 4 heteroatoms. The van der Waals surface area contributed by atoms with Gasteiger partial charge >= 0.3 is 0 Å². The molecule has 0 spiro atoms. The monoisotopic (exact) mass is 690 g/mol. The third-order valence-corrected chi connectivity index (χ3v) is 11.1. The number of benzene rings is 9. The van der Waals surface area contributed by atoms with Crippen LogP contribution in [0.25, 0.3) is 93.3 Å². The van der Waals surface area contributed by atoms with Crippen LogP contribution in [0.5, 0.6) is 0 Å². The van der Waals surface area contributed by atoms with Crippen LogP contribution in [0, 0.1) is 0 Å². The predicted octanol–water partition coefficient (Wildman–Crippen LogP) is 14.3. The van der Waals surface area contributed by atoms with Crippen LogP contribution >= 0.6 is 0 Å². The fourth-order valence-electron chi connectivity index (χ4n) is 8.66. The zero-order valence-corrected chi connectivity index (χ0v) is 29.0. The van der Waals surface area contributed by atoms with Crippen molar-refractivity contribution in [2.24, 2.45) is 0 Å². The summed E-state index contributed by atoms with van der Waals surface area (Å²) in [5, 5.41) is 9.65. The van der Waals surface area contributed by atoms with Crippen molar-refractivity contribution >= 4 is 93.5 Å². The van der Waals surface area contributed by atoms with Crippen molar-refractivity contribution in [1.82, 2.24) is 4.57 Å². The Labute approximate surface area is 309 Å². The van der Waals surface area contributed by atoms with E-state index in [1.54, 1.807) is 0 Å². The molecule has 0 aliphatic rings. The molecule has 0 saturated heterocycles. The highest BCUT2D eigenvalue weighted by Gasteiger charge is 2.19. The van der Waals surface area contributed by atoms with Gasteiger partial charge in [0, 0.05) is 67.2 Å². The maximum absolute atomic E-state index is 6.35. The Morgan fingerprint density at radius 3 is 1.35 bits per heavy atom. The van der Waals surface area contributed by atoms with Gasteiger partial charge in [-0.3, -0.25) is 0 Å². The quantitative estimate of drug-likeness (QED) is 0.169. The molecule has 0 amide bonds. The third-order valence-electron chi connectivity index (χ3n) is 11.1. The molecule has 54 heavy (non-hydrogen) atoms. The maximum Gasteiger partial charge on any atom is 0.137 e. The van der Waals surface area contributed by atoms with Gasteiger partial charge in [0.1, 0.15) is 22.3 Å². The lowest BCUT2D eigenvalue weighted by Crippen LogP contribution is -2.09. The predicted molar refractivity (Wildman–Crippen MR) is 224 cm³/mol. The number of aromatic nitrogens is 1. The van der Waals surface area contributed by atoms with Crippen LogP contribution in [0.4, 0.5) is 17.1 Å². The molecular weight excluding hydrogens is 661 g/mol. The van der Waals surface area contributed by atoms with E-state index in [2.05, 4.69) is 167 Å². The molecule has 0 unspecified atom stereocenters. The van der Waals surface area contributed by atoms with Gasteiger partial charge in [-0.15, -0.1) is 0 Å². The lowest BCUT2D eigenvalue weighted by atomic mass is 10.0. The second kappa shape index (κ2) is 11.1. The van der Waals surface area contributed by atoms with Gasteiger partial charge in [0.2, 0.25) is 0 Å². The molecular formula is C50H30N2O2. The Kier molecular flexibility index (Phi) is 6.02. The molecule has 0 radical (unpaired) electrons. The summed E-state index contributed by atoms with van der Waals surface area (Å²) < 4.78 is 15.1. The Morgan fingerprint density at radius 1 is 0.352 bits per heavy atom. The van der Waals surface area contributed by atoms with Gasteiger partial charge in [0.05, 0.1) is 11.0 Å². The van der Waals surface area contributed by atoms with E-state index >= 15 is 0 Å². The van der Waals surface area contributed by atoms with Gasteiger partial charge in [-0.05, 0) is 94.7 Å². The molecule has 0 fully saturated rings. The van der Waals surface area contributed by atoms with E-state index in [1.807, 2.05) is 24.3 Å². The van der Waals surface area contributed by atoms with E-state index in [4.69, 9.17) is 8.83 Å².